The summed E-state index contributed by atoms with van der Waals surface area (Å²) in [5, 5.41) is 16.3. The first-order valence-corrected chi connectivity index (χ1v) is 7.42. The van der Waals surface area contributed by atoms with Crippen molar-refractivity contribution in [3.63, 3.8) is 0 Å². The number of likely N-dealkylation sites (tertiary alicyclic amines) is 1. The molecule has 0 unspecified atom stereocenters. The van der Waals surface area contributed by atoms with Gasteiger partial charge in [-0.05, 0) is 31.0 Å². The molecule has 23 heavy (non-hydrogen) atoms. The number of amides is 1. The van der Waals surface area contributed by atoms with Crippen molar-refractivity contribution < 1.29 is 18.8 Å². The third kappa shape index (κ3) is 3.75. The van der Waals surface area contributed by atoms with Gasteiger partial charge >= 0.3 is 0 Å². The van der Waals surface area contributed by atoms with Crippen LogP contribution in [0.3, 0.4) is 0 Å². The molecule has 2 heterocycles. The summed E-state index contributed by atoms with van der Waals surface area (Å²) in [6.45, 7) is 2.25. The fourth-order valence-corrected chi connectivity index (χ4v) is 2.88. The second kappa shape index (κ2) is 6.47. The predicted molar refractivity (Wildman–Crippen MR) is 81.2 cm³/mol. The van der Waals surface area contributed by atoms with Crippen LogP contribution >= 0.6 is 0 Å². The summed E-state index contributed by atoms with van der Waals surface area (Å²) in [5.74, 6) is 0.434. The Bertz CT molecular complexity index is 686. The summed E-state index contributed by atoms with van der Waals surface area (Å²) in [6.07, 6.45) is 0.00858. The Morgan fingerprint density at radius 3 is 2.87 bits per heavy atom. The highest BCUT2D eigenvalue weighted by molar-refractivity contribution is 5.91. The number of hydrogen-bond donors (Lipinski definition) is 2. The molecule has 7 heteroatoms. The van der Waals surface area contributed by atoms with E-state index in [0.717, 1.165) is 5.56 Å². The van der Waals surface area contributed by atoms with Crippen LogP contribution in [0.25, 0.3) is 0 Å². The summed E-state index contributed by atoms with van der Waals surface area (Å²) < 4.78 is 18.0. The molecule has 0 aliphatic carbocycles. The molecule has 1 aliphatic heterocycles. The Morgan fingerprint density at radius 1 is 1.48 bits per heavy atom. The maximum absolute atomic E-state index is 13.1. The van der Waals surface area contributed by atoms with Crippen LogP contribution in [-0.2, 0) is 4.79 Å². The van der Waals surface area contributed by atoms with Gasteiger partial charge in [0.1, 0.15) is 11.6 Å². The van der Waals surface area contributed by atoms with Crippen LogP contribution in [0.4, 0.5) is 10.2 Å². The molecule has 0 saturated carbocycles. The standard InChI is InChI=1S/C16H18FN3O3/c1-10-6-15(19-23-10)18-16(22)9-20-8-13(21)7-14(20)11-2-4-12(17)5-3-11/h2-6,13-14,21H,7-9H2,1H3,(H,18,19,22)/t13-,14-/m0/s1. The number of rotatable bonds is 4. The van der Waals surface area contributed by atoms with Crippen LogP contribution in [0.5, 0.6) is 0 Å². The molecule has 0 radical (unpaired) electrons. The molecule has 1 aliphatic rings. The molecular weight excluding hydrogens is 301 g/mol. The zero-order chi connectivity index (χ0) is 16.4. The van der Waals surface area contributed by atoms with Crippen molar-refractivity contribution in [1.82, 2.24) is 10.1 Å². The second-order valence-corrected chi connectivity index (χ2v) is 5.76. The van der Waals surface area contributed by atoms with Gasteiger partial charge in [-0.1, -0.05) is 17.3 Å². The van der Waals surface area contributed by atoms with Gasteiger partial charge in [0.25, 0.3) is 0 Å². The van der Waals surface area contributed by atoms with E-state index in [4.69, 9.17) is 4.52 Å². The fraction of sp³-hybridized carbons (Fsp3) is 0.375. The molecule has 1 saturated heterocycles. The number of β-amino-alcohol motifs (C(OH)–C–C–N with tert-alkyl or cyclic N) is 1. The largest absolute Gasteiger partial charge is 0.392 e. The minimum atomic E-state index is -0.507. The fourth-order valence-electron chi connectivity index (χ4n) is 2.88. The quantitative estimate of drug-likeness (QED) is 0.899. The van der Waals surface area contributed by atoms with Crippen LogP contribution in [0.2, 0.25) is 0 Å². The molecule has 6 nitrogen and oxygen atoms in total. The van der Waals surface area contributed by atoms with Crippen LogP contribution in [0.1, 0.15) is 23.8 Å². The molecular formula is C16H18FN3O3. The van der Waals surface area contributed by atoms with Crippen molar-refractivity contribution >= 4 is 11.7 Å². The van der Waals surface area contributed by atoms with Gasteiger partial charge in [0.05, 0.1) is 12.6 Å². The molecule has 0 bridgehead atoms. The van der Waals surface area contributed by atoms with Crippen molar-refractivity contribution in [2.24, 2.45) is 0 Å². The van der Waals surface area contributed by atoms with Gasteiger partial charge in [-0.2, -0.15) is 0 Å². The van der Waals surface area contributed by atoms with E-state index in [-0.39, 0.29) is 24.3 Å². The van der Waals surface area contributed by atoms with Gasteiger partial charge < -0.3 is 14.9 Å². The Kier molecular flexibility index (Phi) is 4.40. The van der Waals surface area contributed by atoms with Crippen molar-refractivity contribution in [3.05, 3.63) is 47.5 Å². The number of nitrogens with one attached hydrogen (secondary N) is 1. The highest BCUT2D eigenvalue weighted by Gasteiger charge is 2.33. The highest BCUT2D eigenvalue weighted by Crippen LogP contribution is 2.31. The number of halogens is 1. The van der Waals surface area contributed by atoms with E-state index in [0.29, 0.717) is 24.5 Å². The first-order chi connectivity index (χ1) is 11.0. The monoisotopic (exact) mass is 319 g/mol. The number of aromatic nitrogens is 1. The Morgan fingerprint density at radius 2 is 2.22 bits per heavy atom. The smallest absolute Gasteiger partial charge is 0.239 e. The zero-order valence-corrected chi connectivity index (χ0v) is 12.7. The van der Waals surface area contributed by atoms with E-state index in [2.05, 4.69) is 10.5 Å². The maximum Gasteiger partial charge on any atom is 0.239 e. The Balaban J connectivity index is 1.67. The lowest BCUT2D eigenvalue weighted by Crippen LogP contribution is -2.33. The molecule has 1 fully saturated rings. The van der Waals surface area contributed by atoms with Gasteiger partial charge in [0.2, 0.25) is 5.91 Å². The lowest BCUT2D eigenvalue weighted by atomic mass is 10.0. The van der Waals surface area contributed by atoms with Gasteiger partial charge in [-0.3, -0.25) is 9.69 Å². The molecule has 1 aromatic heterocycles. The van der Waals surface area contributed by atoms with E-state index in [9.17, 15) is 14.3 Å². The lowest BCUT2D eigenvalue weighted by Gasteiger charge is -2.23. The van der Waals surface area contributed by atoms with E-state index in [1.807, 2.05) is 4.90 Å². The van der Waals surface area contributed by atoms with Gasteiger partial charge in [-0.15, -0.1) is 0 Å². The molecule has 3 rings (SSSR count). The normalized spacial score (nSPS) is 21.5. The van der Waals surface area contributed by atoms with Crippen LogP contribution in [-0.4, -0.2) is 40.3 Å². The molecule has 1 amide bonds. The maximum atomic E-state index is 13.1. The van der Waals surface area contributed by atoms with Crippen LogP contribution in [0.15, 0.2) is 34.9 Å². The molecule has 1 aromatic carbocycles. The van der Waals surface area contributed by atoms with E-state index in [1.165, 1.54) is 12.1 Å². The highest BCUT2D eigenvalue weighted by atomic mass is 19.1. The number of carbonyl (C=O) groups excluding carboxylic acids is 1. The van der Waals surface area contributed by atoms with Gasteiger partial charge in [0.15, 0.2) is 5.82 Å². The van der Waals surface area contributed by atoms with Gasteiger partial charge in [-0.25, -0.2) is 4.39 Å². The van der Waals surface area contributed by atoms with Crippen molar-refractivity contribution in [2.75, 3.05) is 18.4 Å². The van der Waals surface area contributed by atoms with Crippen LogP contribution in [0, 0.1) is 12.7 Å². The topological polar surface area (TPSA) is 78.6 Å². The number of benzene rings is 1. The Hall–Kier alpha value is -2.25. The third-order valence-electron chi connectivity index (χ3n) is 3.88. The summed E-state index contributed by atoms with van der Waals surface area (Å²) in [7, 11) is 0. The molecule has 2 atom stereocenters. The Labute approximate surface area is 132 Å². The van der Waals surface area contributed by atoms with E-state index < -0.39 is 6.10 Å². The molecule has 2 aromatic rings. The number of aryl methyl sites for hydroxylation is 1. The second-order valence-electron chi connectivity index (χ2n) is 5.76. The summed E-state index contributed by atoms with van der Waals surface area (Å²) in [4.78, 5) is 14.0. The summed E-state index contributed by atoms with van der Waals surface area (Å²) in [5.41, 5.74) is 0.882. The minimum Gasteiger partial charge on any atom is -0.392 e. The zero-order valence-electron chi connectivity index (χ0n) is 12.7. The van der Waals surface area contributed by atoms with Crippen molar-refractivity contribution in [3.8, 4) is 0 Å². The third-order valence-corrected chi connectivity index (χ3v) is 3.88. The number of aliphatic hydroxyl groups excluding tert-OH is 1. The molecule has 0 spiro atoms. The van der Waals surface area contributed by atoms with Crippen LogP contribution < -0.4 is 5.32 Å². The average Bonchev–Trinajstić information content (AvgIpc) is 3.06. The number of carbonyl (C=O) groups is 1. The average molecular weight is 319 g/mol. The van der Waals surface area contributed by atoms with E-state index in [1.54, 1.807) is 25.1 Å². The molecule has 2 N–H and O–H groups in total. The predicted octanol–water partition coefficient (Wildman–Crippen LogP) is 1.87. The minimum absolute atomic E-state index is 0.115. The number of aliphatic hydroxyl groups is 1. The number of hydrogen-bond acceptors (Lipinski definition) is 5. The summed E-state index contributed by atoms with van der Waals surface area (Å²) >= 11 is 0. The molecule has 122 valence electrons. The van der Waals surface area contributed by atoms with Gasteiger partial charge in [0, 0.05) is 18.7 Å². The number of anilines is 1. The van der Waals surface area contributed by atoms with Crippen molar-refractivity contribution in [2.45, 2.75) is 25.5 Å². The lowest BCUT2D eigenvalue weighted by molar-refractivity contribution is -0.117. The first kappa shape index (κ1) is 15.6. The summed E-state index contributed by atoms with van der Waals surface area (Å²) in [6, 6.07) is 7.66. The SMILES string of the molecule is Cc1cc(NC(=O)CN2C[C@@H](O)C[C@H]2c2ccc(F)cc2)no1. The first-order valence-electron chi connectivity index (χ1n) is 7.42. The van der Waals surface area contributed by atoms with Crippen molar-refractivity contribution in [1.29, 1.82) is 0 Å². The number of nitrogens with zero attached hydrogens (tertiary/aromatic N) is 2. The van der Waals surface area contributed by atoms with E-state index >= 15 is 0 Å².